The summed E-state index contributed by atoms with van der Waals surface area (Å²) >= 11 is 21.9. The molecule has 0 amide bonds. The smallest absolute Gasteiger partial charge is 0.310 e. The van der Waals surface area contributed by atoms with Gasteiger partial charge in [0.05, 0.1) is 23.1 Å². The third kappa shape index (κ3) is 18.3. The van der Waals surface area contributed by atoms with E-state index < -0.39 is 20.2 Å². The molecule has 3 aromatic carbocycles. The van der Waals surface area contributed by atoms with E-state index in [1.54, 1.807) is 0 Å². The monoisotopic (exact) mass is 893 g/mol. The standard InChI is InChI=1S/C25H39N5O2.2C6H4Cl2O3S/c1-5-6-7-14-27-24-22(19(2)28-25(26)29-24)17-20-10-12-21(13-11-20)18-23(31)32-16-9-8-15-30(3)4;2*7-4-1-2-5(8)6(3-4)12(9,10)11/h10-13H,5-9,14-18H2,1-4H3,(H3,26,27,28,29);2*1-3H,(H,9,10,11). The third-order valence-electron chi connectivity index (χ3n) is 7.66. The predicted molar refractivity (Wildman–Crippen MR) is 223 cm³/mol. The van der Waals surface area contributed by atoms with Gasteiger partial charge in [-0.2, -0.15) is 21.8 Å². The summed E-state index contributed by atoms with van der Waals surface area (Å²) in [6.07, 6.45) is 6.37. The number of carbonyl (C=O) groups excluding carboxylic acids is 1. The second-order valence-electron chi connectivity index (χ2n) is 12.6. The number of ether oxygens (including phenoxy) is 1. The number of hydrogen-bond acceptors (Lipinski definition) is 11. The van der Waals surface area contributed by atoms with Gasteiger partial charge in [0, 0.05) is 34.3 Å². The van der Waals surface area contributed by atoms with Crippen LogP contribution in [0, 0.1) is 6.92 Å². The Labute approximate surface area is 349 Å². The fourth-order valence-electron chi connectivity index (χ4n) is 4.82. The van der Waals surface area contributed by atoms with E-state index in [1.165, 1.54) is 37.1 Å². The first kappa shape index (κ1) is 48.9. The summed E-state index contributed by atoms with van der Waals surface area (Å²) in [4.78, 5) is 22.2. The molecule has 0 bridgehead atoms. The lowest BCUT2D eigenvalue weighted by molar-refractivity contribution is -0.142. The molecular weight excluding hydrogens is 848 g/mol. The van der Waals surface area contributed by atoms with Gasteiger partial charge in [-0.15, -0.1) is 0 Å². The molecule has 13 nitrogen and oxygen atoms in total. The molecule has 0 fully saturated rings. The van der Waals surface area contributed by atoms with E-state index in [0.717, 1.165) is 72.7 Å². The predicted octanol–water partition coefficient (Wildman–Crippen LogP) is 8.47. The van der Waals surface area contributed by atoms with Crippen LogP contribution in [0.3, 0.4) is 0 Å². The van der Waals surface area contributed by atoms with Crippen LogP contribution >= 0.6 is 46.4 Å². The largest absolute Gasteiger partial charge is 0.465 e. The molecule has 0 saturated heterocycles. The highest BCUT2D eigenvalue weighted by molar-refractivity contribution is 7.86. The van der Waals surface area contributed by atoms with E-state index in [9.17, 15) is 21.6 Å². The van der Waals surface area contributed by atoms with Gasteiger partial charge in [-0.3, -0.25) is 13.9 Å². The second-order valence-corrected chi connectivity index (χ2v) is 17.1. The maximum absolute atomic E-state index is 12.1. The first-order valence-corrected chi connectivity index (χ1v) is 21.7. The maximum Gasteiger partial charge on any atom is 0.310 e. The minimum Gasteiger partial charge on any atom is -0.465 e. The minimum absolute atomic E-state index is 0.0538. The van der Waals surface area contributed by atoms with Crippen LogP contribution in [0.25, 0.3) is 0 Å². The number of esters is 1. The zero-order valence-electron chi connectivity index (χ0n) is 31.4. The van der Waals surface area contributed by atoms with E-state index in [1.807, 2.05) is 33.2 Å². The zero-order chi connectivity index (χ0) is 42.1. The molecule has 56 heavy (non-hydrogen) atoms. The molecule has 0 spiro atoms. The number of nitrogen functional groups attached to an aromatic ring is 1. The van der Waals surface area contributed by atoms with Crippen molar-refractivity contribution < 1.29 is 35.5 Å². The summed E-state index contributed by atoms with van der Waals surface area (Å²) in [5, 5.41) is 3.72. The molecule has 19 heteroatoms. The SMILES string of the molecule is CCCCCNc1nc(N)nc(C)c1Cc1ccc(CC(=O)OCCCCN(C)C)cc1.O=S(=O)(O)c1cc(Cl)ccc1Cl.O=S(=O)(O)c1cc(Cl)ccc1Cl. The Hall–Kier alpha value is -3.25. The first-order valence-electron chi connectivity index (χ1n) is 17.3. The van der Waals surface area contributed by atoms with Crippen LogP contribution in [0.5, 0.6) is 0 Å². The van der Waals surface area contributed by atoms with Gasteiger partial charge in [0.25, 0.3) is 20.2 Å². The number of nitrogens with zero attached hydrogens (tertiary/aromatic N) is 3. The van der Waals surface area contributed by atoms with Crippen LogP contribution in [0.2, 0.25) is 20.1 Å². The Morgan fingerprint density at radius 3 is 1.82 bits per heavy atom. The Kier molecular flexibility index (Phi) is 20.8. The molecule has 0 aliphatic heterocycles. The van der Waals surface area contributed by atoms with Crippen molar-refractivity contribution in [1.29, 1.82) is 0 Å². The lowest BCUT2D eigenvalue weighted by Crippen LogP contribution is -2.14. The molecule has 4 rings (SSSR count). The molecule has 0 aliphatic carbocycles. The third-order valence-corrected chi connectivity index (χ3v) is 10.8. The Morgan fingerprint density at radius 1 is 0.804 bits per heavy atom. The van der Waals surface area contributed by atoms with Crippen LogP contribution in [-0.4, -0.2) is 80.6 Å². The number of unbranched alkanes of at least 4 members (excludes halogenated alkanes) is 3. The van der Waals surface area contributed by atoms with Crippen molar-refractivity contribution in [3.8, 4) is 0 Å². The summed E-state index contributed by atoms with van der Waals surface area (Å²) in [5.74, 6) is 0.928. The van der Waals surface area contributed by atoms with Crippen LogP contribution < -0.4 is 11.1 Å². The van der Waals surface area contributed by atoms with Crippen molar-refractivity contribution in [1.82, 2.24) is 14.9 Å². The van der Waals surface area contributed by atoms with E-state index in [0.29, 0.717) is 25.4 Å². The maximum atomic E-state index is 12.1. The summed E-state index contributed by atoms with van der Waals surface area (Å²) in [5.41, 5.74) is 9.91. The molecule has 4 aromatic rings. The summed E-state index contributed by atoms with van der Waals surface area (Å²) < 4.78 is 65.1. The van der Waals surface area contributed by atoms with Crippen molar-refractivity contribution in [2.75, 3.05) is 44.8 Å². The van der Waals surface area contributed by atoms with Gasteiger partial charge >= 0.3 is 5.97 Å². The first-order chi connectivity index (χ1) is 26.2. The van der Waals surface area contributed by atoms with Crippen molar-refractivity contribution in [3.63, 3.8) is 0 Å². The fraction of sp³-hybridized carbons (Fsp3) is 0.378. The van der Waals surface area contributed by atoms with Gasteiger partial charge < -0.3 is 20.7 Å². The minimum atomic E-state index is -4.27. The second kappa shape index (κ2) is 23.9. The molecule has 0 radical (unpaired) electrons. The number of aromatic nitrogens is 2. The zero-order valence-corrected chi connectivity index (χ0v) is 36.1. The van der Waals surface area contributed by atoms with Gasteiger partial charge in [-0.25, -0.2) is 4.98 Å². The van der Waals surface area contributed by atoms with Gasteiger partial charge in [0.1, 0.15) is 15.6 Å². The van der Waals surface area contributed by atoms with Crippen molar-refractivity contribution in [3.05, 3.63) is 103 Å². The van der Waals surface area contributed by atoms with E-state index in [4.69, 9.17) is 66.0 Å². The highest BCUT2D eigenvalue weighted by Gasteiger charge is 2.16. The quantitative estimate of drug-likeness (QED) is 0.0474. The highest BCUT2D eigenvalue weighted by Crippen LogP contribution is 2.26. The molecule has 0 unspecified atom stereocenters. The number of nitrogens with one attached hydrogen (secondary N) is 1. The highest BCUT2D eigenvalue weighted by atomic mass is 35.5. The Balaban J connectivity index is 0.000000365. The lowest BCUT2D eigenvalue weighted by atomic mass is 10.0. The van der Waals surface area contributed by atoms with E-state index >= 15 is 0 Å². The molecule has 0 aliphatic rings. The normalized spacial score (nSPS) is 11.3. The fourth-order valence-corrected chi connectivity index (χ4v) is 7.29. The van der Waals surface area contributed by atoms with E-state index in [2.05, 4.69) is 39.2 Å². The molecule has 0 atom stereocenters. The van der Waals surface area contributed by atoms with Crippen molar-refractivity contribution >= 4 is 84.4 Å². The molecule has 0 saturated carbocycles. The number of halogens is 4. The van der Waals surface area contributed by atoms with Crippen LogP contribution in [0.4, 0.5) is 11.8 Å². The average molecular weight is 896 g/mol. The average Bonchev–Trinajstić information content (AvgIpc) is 3.10. The number of rotatable bonds is 16. The molecular formula is C37H47Cl4N5O8S2. The summed E-state index contributed by atoms with van der Waals surface area (Å²) in [7, 11) is -4.46. The van der Waals surface area contributed by atoms with Crippen LogP contribution in [0.1, 0.15) is 61.4 Å². The number of hydrogen-bond donors (Lipinski definition) is 4. The van der Waals surface area contributed by atoms with Crippen LogP contribution in [-0.2, 0) is 42.6 Å². The van der Waals surface area contributed by atoms with Gasteiger partial charge in [-0.1, -0.05) is 90.4 Å². The topological polar surface area (TPSA) is 202 Å². The molecule has 1 heterocycles. The Bertz CT molecular complexity index is 2030. The number of benzene rings is 3. The Morgan fingerprint density at radius 2 is 1.34 bits per heavy atom. The molecule has 5 N–H and O–H groups in total. The van der Waals surface area contributed by atoms with Crippen LogP contribution in [0.15, 0.2) is 70.5 Å². The van der Waals surface area contributed by atoms with Gasteiger partial charge in [0.2, 0.25) is 5.95 Å². The van der Waals surface area contributed by atoms with Gasteiger partial charge in [-0.05, 0) is 94.4 Å². The van der Waals surface area contributed by atoms with Crippen molar-refractivity contribution in [2.24, 2.45) is 0 Å². The number of carbonyl (C=O) groups is 1. The number of anilines is 2. The van der Waals surface area contributed by atoms with E-state index in [-0.39, 0.29) is 35.9 Å². The van der Waals surface area contributed by atoms with Gasteiger partial charge in [0.15, 0.2) is 0 Å². The summed E-state index contributed by atoms with van der Waals surface area (Å²) in [6.45, 7) is 6.51. The molecule has 1 aromatic heterocycles. The van der Waals surface area contributed by atoms with Crippen molar-refractivity contribution in [2.45, 2.75) is 68.6 Å². The summed E-state index contributed by atoms with van der Waals surface area (Å²) in [6, 6.07) is 15.7. The number of aryl methyl sites for hydroxylation is 1. The molecule has 308 valence electrons. The lowest BCUT2D eigenvalue weighted by Gasteiger charge is -2.14. The number of nitrogens with two attached hydrogens (primary N) is 1.